The van der Waals surface area contributed by atoms with Crippen molar-refractivity contribution in [2.45, 2.75) is 63.1 Å². The Kier molecular flexibility index (Phi) is 7.17. The van der Waals surface area contributed by atoms with Crippen LogP contribution in [0.3, 0.4) is 0 Å². The molecule has 2 saturated heterocycles. The van der Waals surface area contributed by atoms with Crippen LogP contribution in [-0.2, 0) is 9.47 Å². The van der Waals surface area contributed by atoms with Gasteiger partial charge in [0, 0.05) is 58.6 Å². The third-order valence-electron chi connectivity index (χ3n) is 5.29. The van der Waals surface area contributed by atoms with Gasteiger partial charge in [0.2, 0.25) is 0 Å². The molecule has 0 spiro atoms. The van der Waals surface area contributed by atoms with E-state index in [0.29, 0.717) is 12.1 Å². The predicted octanol–water partition coefficient (Wildman–Crippen LogP) is 1.36. The number of guanidine groups is 1. The van der Waals surface area contributed by atoms with Crippen molar-refractivity contribution in [2.24, 2.45) is 4.99 Å². The predicted molar refractivity (Wildman–Crippen MR) is 96.5 cm³/mol. The summed E-state index contributed by atoms with van der Waals surface area (Å²) in [6.45, 7) is 5.88. The minimum atomic E-state index is 0.396. The van der Waals surface area contributed by atoms with Gasteiger partial charge in [-0.2, -0.15) is 0 Å². The number of rotatable bonds is 7. The number of likely N-dealkylation sites (tertiary alicyclic amines) is 1. The van der Waals surface area contributed by atoms with Crippen LogP contribution in [0.15, 0.2) is 4.99 Å². The summed E-state index contributed by atoms with van der Waals surface area (Å²) in [5, 5.41) is 7.00. The minimum Gasteiger partial charge on any atom is -0.381 e. The van der Waals surface area contributed by atoms with Gasteiger partial charge in [-0.15, -0.1) is 0 Å². The molecule has 3 aliphatic rings. The van der Waals surface area contributed by atoms with Gasteiger partial charge in [0.05, 0.1) is 6.10 Å². The third-order valence-corrected chi connectivity index (χ3v) is 5.29. The number of hydrogen-bond acceptors (Lipinski definition) is 4. The van der Waals surface area contributed by atoms with Gasteiger partial charge in [0.1, 0.15) is 0 Å². The Bertz CT molecular complexity index is 386. The van der Waals surface area contributed by atoms with Crippen LogP contribution in [0, 0.1) is 0 Å². The highest BCUT2D eigenvalue weighted by Gasteiger charge is 2.31. The van der Waals surface area contributed by atoms with Crippen LogP contribution in [0.1, 0.15) is 44.9 Å². The van der Waals surface area contributed by atoms with Crippen molar-refractivity contribution in [3.05, 3.63) is 0 Å². The van der Waals surface area contributed by atoms with E-state index < -0.39 is 0 Å². The van der Waals surface area contributed by atoms with E-state index in [1.54, 1.807) is 0 Å². The zero-order chi connectivity index (χ0) is 16.6. The lowest BCUT2D eigenvalue weighted by atomic mass is 10.1. The maximum Gasteiger partial charge on any atom is 0.191 e. The Morgan fingerprint density at radius 1 is 1.12 bits per heavy atom. The van der Waals surface area contributed by atoms with E-state index in [-0.39, 0.29) is 0 Å². The van der Waals surface area contributed by atoms with Crippen molar-refractivity contribution in [1.29, 1.82) is 0 Å². The van der Waals surface area contributed by atoms with Crippen molar-refractivity contribution >= 4 is 5.96 Å². The minimum absolute atomic E-state index is 0.396. The van der Waals surface area contributed by atoms with Crippen LogP contribution in [-0.4, -0.2) is 75.5 Å². The van der Waals surface area contributed by atoms with Crippen LogP contribution in [0.4, 0.5) is 0 Å². The average molecular weight is 338 g/mol. The smallest absolute Gasteiger partial charge is 0.191 e. The van der Waals surface area contributed by atoms with Gasteiger partial charge in [0.25, 0.3) is 0 Å². The zero-order valence-electron chi connectivity index (χ0n) is 15.1. The summed E-state index contributed by atoms with van der Waals surface area (Å²) in [6.07, 6.45) is 8.76. The Morgan fingerprint density at radius 3 is 2.54 bits per heavy atom. The highest BCUT2D eigenvalue weighted by atomic mass is 16.5. The molecule has 0 bridgehead atoms. The van der Waals surface area contributed by atoms with Gasteiger partial charge in [0.15, 0.2) is 5.96 Å². The molecular formula is C18H34N4O2. The maximum absolute atomic E-state index is 5.90. The molecule has 0 aromatic rings. The molecule has 3 fully saturated rings. The molecule has 1 aliphatic carbocycles. The summed E-state index contributed by atoms with van der Waals surface area (Å²) in [6, 6.07) is 1.46. The molecule has 138 valence electrons. The van der Waals surface area contributed by atoms with Gasteiger partial charge in [-0.25, -0.2) is 0 Å². The summed E-state index contributed by atoms with van der Waals surface area (Å²) in [7, 11) is 1.85. The van der Waals surface area contributed by atoms with Crippen LogP contribution in [0.2, 0.25) is 0 Å². The second kappa shape index (κ2) is 9.59. The summed E-state index contributed by atoms with van der Waals surface area (Å²) in [4.78, 5) is 7.01. The number of nitrogens with zero attached hydrogens (tertiary/aromatic N) is 2. The molecule has 24 heavy (non-hydrogen) atoms. The molecule has 2 heterocycles. The summed E-state index contributed by atoms with van der Waals surface area (Å²) in [5.41, 5.74) is 0. The second-order valence-corrected chi connectivity index (χ2v) is 7.22. The Balaban J connectivity index is 1.24. The number of piperidine rings is 1. The Hall–Kier alpha value is -0.850. The van der Waals surface area contributed by atoms with Crippen LogP contribution >= 0.6 is 0 Å². The van der Waals surface area contributed by atoms with Gasteiger partial charge in [-0.05, 0) is 44.9 Å². The first kappa shape index (κ1) is 18.0. The van der Waals surface area contributed by atoms with Crippen molar-refractivity contribution in [3.8, 4) is 0 Å². The molecule has 1 saturated carbocycles. The normalized spacial score (nSPS) is 25.0. The largest absolute Gasteiger partial charge is 0.381 e. The molecule has 0 unspecified atom stereocenters. The number of nitrogens with one attached hydrogen (secondary N) is 2. The quantitative estimate of drug-likeness (QED) is 0.417. The van der Waals surface area contributed by atoms with Gasteiger partial charge >= 0.3 is 0 Å². The molecule has 3 rings (SSSR count). The van der Waals surface area contributed by atoms with Gasteiger partial charge in [-0.3, -0.25) is 4.99 Å². The van der Waals surface area contributed by atoms with E-state index in [1.165, 1.54) is 38.8 Å². The monoisotopic (exact) mass is 338 g/mol. The first-order valence-corrected chi connectivity index (χ1v) is 9.75. The van der Waals surface area contributed by atoms with E-state index in [1.807, 2.05) is 7.05 Å². The van der Waals surface area contributed by atoms with E-state index in [0.717, 1.165) is 57.6 Å². The van der Waals surface area contributed by atoms with E-state index in [4.69, 9.17) is 9.47 Å². The summed E-state index contributed by atoms with van der Waals surface area (Å²) < 4.78 is 11.3. The van der Waals surface area contributed by atoms with Crippen molar-refractivity contribution < 1.29 is 9.47 Å². The fraction of sp³-hybridized carbons (Fsp3) is 0.944. The van der Waals surface area contributed by atoms with Crippen molar-refractivity contribution in [1.82, 2.24) is 15.5 Å². The van der Waals surface area contributed by atoms with E-state index in [2.05, 4.69) is 20.5 Å². The van der Waals surface area contributed by atoms with E-state index >= 15 is 0 Å². The van der Waals surface area contributed by atoms with Crippen LogP contribution in [0.25, 0.3) is 0 Å². The lowest BCUT2D eigenvalue weighted by Crippen LogP contribution is -2.49. The Labute approximate surface area is 146 Å². The SMILES string of the molecule is CN=C(NCCCOC1CCOCC1)NC1CCN(C2CC2)CC1. The molecule has 0 aromatic heterocycles. The van der Waals surface area contributed by atoms with Crippen LogP contribution < -0.4 is 10.6 Å². The van der Waals surface area contributed by atoms with Crippen molar-refractivity contribution in [3.63, 3.8) is 0 Å². The number of ether oxygens (including phenoxy) is 2. The molecule has 2 aliphatic heterocycles. The molecule has 0 atom stereocenters. The molecule has 0 aromatic carbocycles. The number of aliphatic imine (C=N–C) groups is 1. The first-order valence-electron chi connectivity index (χ1n) is 9.75. The average Bonchev–Trinajstić information content (AvgIpc) is 3.47. The van der Waals surface area contributed by atoms with Gasteiger partial charge < -0.3 is 25.0 Å². The highest BCUT2D eigenvalue weighted by molar-refractivity contribution is 5.79. The molecule has 0 amide bonds. The molecule has 0 radical (unpaired) electrons. The topological polar surface area (TPSA) is 58.1 Å². The second-order valence-electron chi connectivity index (χ2n) is 7.22. The molecular weight excluding hydrogens is 304 g/mol. The molecule has 6 heteroatoms. The Morgan fingerprint density at radius 2 is 1.88 bits per heavy atom. The van der Waals surface area contributed by atoms with Gasteiger partial charge in [-0.1, -0.05) is 0 Å². The molecule has 6 nitrogen and oxygen atoms in total. The highest BCUT2D eigenvalue weighted by Crippen LogP contribution is 2.29. The van der Waals surface area contributed by atoms with Crippen molar-refractivity contribution in [2.75, 3.05) is 46.5 Å². The lowest BCUT2D eigenvalue weighted by Gasteiger charge is -2.33. The lowest BCUT2D eigenvalue weighted by molar-refractivity contribution is -0.0320. The fourth-order valence-corrected chi connectivity index (χ4v) is 3.61. The van der Waals surface area contributed by atoms with Crippen LogP contribution in [0.5, 0.6) is 0 Å². The fourth-order valence-electron chi connectivity index (χ4n) is 3.61. The summed E-state index contributed by atoms with van der Waals surface area (Å²) in [5.74, 6) is 0.936. The summed E-state index contributed by atoms with van der Waals surface area (Å²) >= 11 is 0. The molecule has 2 N–H and O–H groups in total. The zero-order valence-corrected chi connectivity index (χ0v) is 15.1. The standard InChI is InChI=1S/C18H34N4O2/c1-19-18(20-9-2-12-24-17-7-13-23-14-8-17)21-15-5-10-22(11-6-15)16-3-4-16/h15-17H,2-14H2,1H3,(H2,19,20,21). The first-order chi connectivity index (χ1) is 11.8. The van der Waals surface area contributed by atoms with E-state index in [9.17, 15) is 0 Å². The maximum atomic E-state index is 5.90. The third kappa shape index (κ3) is 5.90. The number of hydrogen-bond donors (Lipinski definition) is 2.